The van der Waals surface area contributed by atoms with E-state index in [-0.39, 0.29) is 17.6 Å². The quantitative estimate of drug-likeness (QED) is 0.716. The number of carbonyl (C=O) groups is 1. The maximum atomic E-state index is 13.0. The molecule has 0 fully saturated rings. The number of carbonyl (C=O) groups excluding carboxylic acids is 1. The summed E-state index contributed by atoms with van der Waals surface area (Å²) in [5.74, 6) is -0.0791. The minimum Gasteiger partial charge on any atom is -0.438 e. The normalized spacial score (nSPS) is 10.4. The Labute approximate surface area is 150 Å². The number of hydrogen-bond acceptors (Lipinski definition) is 3. The molecule has 0 spiro atoms. The predicted octanol–water partition coefficient (Wildman–Crippen LogP) is 2.68. The molecule has 26 heavy (non-hydrogen) atoms. The highest BCUT2D eigenvalue weighted by Gasteiger charge is 2.14. The van der Waals surface area contributed by atoms with Crippen molar-refractivity contribution in [2.75, 3.05) is 0 Å². The molecule has 6 heteroatoms. The number of amides is 1. The fourth-order valence-corrected chi connectivity index (χ4v) is 2.36. The fourth-order valence-electron chi connectivity index (χ4n) is 2.36. The first-order valence-corrected chi connectivity index (χ1v) is 8.19. The Balaban J connectivity index is 1.69. The van der Waals surface area contributed by atoms with Crippen molar-refractivity contribution in [2.24, 2.45) is 0 Å². The summed E-state index contributed by atoms with van der Waals surface area (Å²) in [7, 11) is 0. The molecule has 0 saturated carbocycles. The van der Waals surface area contributed by atoms with Crippen molar-refractivity contribution in [1.29, 1.82) is 0 Å². The Morgan fingerprint density at radius 1 is 1.04 bits per heavy atom. The van der Waals surface area contributed by atoms with Gasteiger partial charge in [-0.1, -0.05) is 24.3 Å². The van der Waals surface area contributed by atoms with Crippen LogP contribution in [0.3, 0.4) is 0 Å². The molecule has 2 aromatic carbocycles. The van der Waals surface area contributed by atoms with Crippen molar-refractivity contribution in [1.82, 2.24) is 10.3 Å². The summed E-state index contributed by atoms with van der Waals surface area (Å²) in [6, 6.07) is 16.7. The number of ether oxygens (including phenoxy) is 1. The molecular weight excluding hydrogens is 333 g/mol. The highest BCUT2D eigenvalue weighted by Crippen LogP contribution is 2.23. The molecular formula is C20H19FN3O2+. The lowest BCUT2D eigenvalue weighted by molar-refractivity contribution is -0.386. The van der Waals surface area contributed by atoms with Crippen LogP contribution >= 0.6 is 0 Å². The topological polar surface area (TPSA) is 78.9 Å². The second kappa shape index (κ2) is 8.22. The van der Waals surface area contributed by atoms with Gasteiger partial charge < -0.3 is 15.8 Å². The Morgan fingerprint density at radius 3 is 2.42 bits per heavy atom. The van der Waals surface area contributed by atoms with E-state index in [2.05, 4.69) is 16.0 Å². The first kappa shape index (κ1) is 17.6. The third kappa shape index (κ3) is 4.43. The van der Waals surface area contributed by atoms with Crippen molar-refractivity contribution in [3.05, 3.63) is 89.4 Å². The first-order chi connectivity index (χ1) is 12.7. The van der Waals surface area contributed by atoms with E-state index in [1.165, 1.54) is 30.5 Å². The van der Waals surface area contributed by atoms with Gasteiger partial charge in [0.15, 0.2) is 0 Å². The lowest BCUT2D eigenvalue weighted by atomic mass is 10.1. The summed E-state index contributed by atoms with van der Waals surface area (Å²) in [5.41, 5.74) is 6.28. The van der Waals surface area contributed by atoms with Crippen LogP contribution in [-0.4, -0.2) is 10.9 Å². The molecule has 0 radical (unpaired) electrons. The van der Waals surface area contributed by atoms with E-state index in [1.807, 2.05) is 24.3 Å². The molecule has 0 saturated heterocycles. The van der Waals surface area contributed by atoms with Gasteiger partial charge in [-0.25, -0.2) is 9.37 Å². The third-order valence-electron chi connectivity index (χ3n) is 3.81. The Kier molecular flexibility index (Phi) is 5.56. The van der Waals surface area contributed by atoms with Crippen molar-refractivity contribution >= 4 is 5.91 Å². The number of nitrogens with one attached hydrogen (secondary N) is 1. The van der Waals surface area contributed by atoms with Crippen molar-refractivity contribution in [3.8, 4) is 11.6 Å². The van der Waals surface area contributed by atoms with Gasteiger partial charge in [0.1, 0.15) is 17.1 Å². The van der Waals surface area contributed by atoms with E-state index < -0.39 is 0 Å². The lowest BCUT2D eigenvalue weighted by Crippen LogP contribution is -2.47. The minimum atomic E-state index is -0.360. The first-order valence-electron chi connectivity index (χ1n) is 8.19. The van der Waals surface area contributed by atoms with Gasteiger partial charge in [-0.2, -0.15) is 0 Å². The van der Waals surface area contributed by atoms with Crippen LogP contribution in [0.25, 0.3) is 0 Å². The van der Waals surface area contributed by atoms with Crippen LogP contribution in [0.15, 0.2) is 66.9 Å². The lowest BCUT2D eigenvalue weighted by Gasteiger charge is -2.10. The number of hydrogen-bond donors (Lipinski definition) is 2. The van der Waals surface area contributed by atoms with Crippen LogP contribution in [0.1, 0.15) is 21.5 Å². The average molecular weight is 352 g/mol. The number of rotatable bonds is 6. The molecule has 1 aromatic heterocycles. The summed E-state index contributed by atoms with van der Waals surface area (Å²) < 4.78 is 18.6. The average Bonchev–Trinajstić information content (AvgIpc) is 2.68. The molecule has 0 unspecified atom stereocenters. The van der Waals surface area contributed by atoms with Gasteiger partial charge in [0.25, 0.3) is 5.91 Å². The monoisotopic (exact) mass is 352 g/mol. The number of halogens is 1. The maximum Gasteiger partial charge on any atom is 0.257 e. The third-order valence-corrected chi connectivity index (χ3v) is 3.81. The largest absolute Gasteiger partial charge is 0.438 e. The van der Waals surface area contributed by atoms with Crippen LogP contribution in [0.2, 0.25) is 0 Å². The van der Waals surface area contributed by atoms with Crippen molar-refractivity contribution in [2.45, 2.75) is 13.1 Å². The molecule has 0 aliphatic rings. The minimum absolute atomic E-state index is 0.170. The molecule has 1 heterocycles. The van der Waals surface area contributed by atoms with E-state index in [0.29, 0.717) is 17.9 Å². The molecule has 1 amide bonds. The zero-order valence-corrected chi connectivity index (χ0v) is 14.1. The molecule has 5 nitrogen and oxygen atoms in total. The van der Waals surface area contributed by atoms with Gasteiger partial charge in [-0.05, 0) is 42.0 Å². The zero-order chi connectivity index (χ0) is 18.4. The molecule has 0 atom stereocenters. The van der Waals surface area contributed by atoms with E-state index in [9.17, 15) is 9.18 Å². The molecule has 4 N–H and O–H groups in total. The highest BCUT2D eigenvalue weighted by molar-refractivity contribution is 5.96. The summed E-state index contributed by atoms with van der Waals surface area (Å²) in [5, 5.41) is 2.85. The smallest absolute Gasteiger partial charge is 0.257 e. The number of benzene rings is 2. The SMILES string of the molecule is [NH3+]Cc1ccc(CNC(=O)c2cccnc2Oc2ccc(F)cc2)cc1. The standard InChI is InChI=1S/C20H18FN3O2/c21-16-7-9-17(10-8-16)26-20-18(2-1-11-23-20)19(25)24-13-15-5-3-14(12-22)4-6-15/h1-11H,12-13,22H2,(H,24,25)/p+1. The van der Waals surface area contributed by atoms with Crippen LogP contribution in [0, 0.1) is 5.82 Å². The summed E-state index contributed by atoms with van der Waals surface area (Å²) in [4.78, 5) is 16.6. The Morgan fingerprint density at radius 2 is 1.73 bits per heavy atom. The molecule has 0 aliphatic heterocycles. The van der Waals surface area contributed by atoms with E-state index in [0.717, 1.165) is 17.7 Å². The number of quaternary nitrogens is 1. The summed E-state index contributed by atoms with van der Waals surface area (Å²) in [6.45, 7) is 1.12. The van der Waals surface area contributed by atoms with Crippen molar-refractivity contribution < 1.29 is 19.7 Å². The second-order valence-electron chi connectivity index (χ2n) is 5.66. The predicted molar refractivity (Wildman–Crippen MR) is 94.9 cm³/mol. The number of aromatic nitrogens is 1. The van der Waals surface area contributed by atoms with E-state index >= 15 is 0 Å². The van der Waals surface area contributed by atoms with Crippen LogP contribution in [0.5, 0.6) is 11.6 Å². The van der Waals surface area contributed by atoms with Gasteiger partial charge in [-0.15, -0.1) is 0 Å². The summed E-state index contributed by atoms with van der Waals surface area (Å²) in [6.07, 6.45) is 1.53. The number of pyridine rings is 1. The van der Waals surface area contributed by atoms with Gasteiger partial charge >= 0.3 is 0 Å². The van der Waals surface area contributed by atoms with Crippen molar-refractivity contribution in [3.63, 3.8) is 0 Å². The maximum absolute atomic E-state index is 13.0. The van der Waals surface area contributed by atoms with Crippen LogP contribution in [0.4, 0.5) is 4.39 Å². The number of nitrogens with zero attached hydrogens (tertiary/aromatic N) is 1. The summed E-state index contributed by atoms with van der Waals surface area (Å²) >= 11 is 0. The van der Waals surface area contributed by atoms with Gasteiger partial charge in [0.2, 0.25) is 5.88 Å². The molecule has 3 aromatic rings. The Bertz CT molecular complexity index is 880. The van der Waals surface area contributed by atoms with Crippen LogP contribution < -0.4 is 15.8 Å². The van der Waals surface area contributed by atoms with Gasteiger partial charge in [-0.3, -0.25) is 4.79 Å². The molecule has 132 valence electrons. The molecule has 0 bridgehead atoms. The van der Waals surface area contributed by atoms with E-state index in [1.54, 1.807) is 12.1 Å². The second-order valence-corrected chi connectivity index (χ2v) is 5.66. The Hall–Kier alpha value is -3.25. The van der Waals surface area contributed by atoms with Gasteiger partial charge in [0, 0.05) is 18.3 Å². The van der Waals surface area contributed by atoms with E-state index in [4.69, 9.17) is 4.74 Å². The zero-order valence-electron chi connectivity index (χ0n) is 14.1. The molecule has 0 aliphatic carbocycles. The fraction of sp³-hybridized carbons (Fsp3) is 0.100. The van der Waals surface area contributed by atoms with Gasteiger partial charge in [0.05, 0.1) is 6.54 Å². The molecule has 3 rings (SSSR count). The van der Waals surface area contributed by atoms with Crippen LogP contribution in [-0.2, 0) is 13.1 Å². The highest BCUT2D eigenvalue weighted by atomic mass is 19.1.